The normalized spacial score (nSPS) is 21.8. The minimum Gasteiger partial charge on any atom is -0.497 e. The van der Waals surface area contributed by atoms with Crippen molar-refractivity contribution in [1.29, 1.82) is 0 Å². The van der Waals surface area contributed by atoms with Crippen molar-refractivity contribution in [2.45, 2.75) is 30.8 Å². The number of benzene rings is 2. The van der Waals surface area contributed by atoms with Crippen LogP contribution in [0.2, 0.25) is 0 Å². The van der Waals surface area contributed by atoms with E-state index in [9.17, 15) is 4.39 Å². The molecule has 126 valence electrons. The van der Waals surface area contributed by atoms with E-state index in [0.717, 1.165) is 55.0 Å². The lowest BCUT2D eigenvalue weighted by molar-refractivity contribution is 0.0112. The smallest absolute Gasteiger partial charge is 0.127 e. The van der Waals surface area contributed by atoms with Gasteiger partial charge in [0, 0.05) is 17.5 Å². The summed E-state index contributed by atoms with van der Waals surface area (Å²) in [6, 6.07) is 12.9. The van der Waals surface area contributed by atoms with Crippen molar-refractivity contribution >= 4 is 0 Å². The van der Waals surface area contributed by atoms with Crippen LogP contribution in [-0.2, 0) is 0 Å². The Morgan fingerprint density at radius 2 is 2.00 bits per heavy atom. The van der Waals surface area contributed by atoms with Crippen LogP contribution in [0.1, 0.15) is 36.3 Å². The molecule has 0 bridgehead atoms. The summed E-state index contributed by atoms with van der Waals surface area (Å²) in [5.74, 6) is 1.62. The van der Waals surface area contributed by atoms with Gasteiger partial charge >= 0.3 is 0 Å². The van der Waals surface area contributed by atoms with Gasteiger partial charge in [0.25, 0.3) is 0 Å². The van der Waals surface area contributed by atoms with E-state index < -0.39 is 0 Å². The number of nitrogens with one attached hydrogen (secondary N) is 1. The summed E-state index contributed by atoms with van der Waals surface area (Å²) in [6.45, 7) is 1.91. The molecule has 2 heterocycles. The summed E-state index contributed by atoms with van der Waals surface area (Å²) in [6.07, 6.45) is 2.82. The Labute approximate surface area is 141 Å². The topological polar surface area (TPSA) is 30.5 Å². The van der Waals surface area contributed by atoms with Crippen molar-refractivity contribution in [3.8, 4) is 11.5 Å². The number of fused-ring (bicyclic) bond motifs is 1. The average Bonchev–Trinajstić information content (AvgIpc) is 2.61. The average molecular weight is 327 g/mol. The third-order valence-corrected chi connectivity index (χ3v) is 5.26. The number of piperidine rings is 1. The van der Waals surface area contributed by atoms with Crippen molar-refractivity contribution in [2.24, 2.45) is 0 Å². The van der Waals surface area contributed by atoms with Gasteiger partial charge in [-0.2, -0.15) is 0 Å². The predicted molar refractivity (Wildman–Crippen MR) is 91.3 cm³/mol. The molecule has 2 aromatic carbocycles. The molecule has 0 saturated carbocycles. The fourth-order valence-corrected chi connectivity index (χ4v) is 3.98. The van der Waals surface area contributed by atoms with E-state index in [-0.39, 0.29) is 17.3 Å². The molecule has 0 aliphatic carbocycles. The molecule has 1 unspecified atom stereocenters. The van der Waals surface area contributed by atoms with Crippen LogP contribution in [0.3, 0.4) is 0 Å². The zero-order valence-corrected chi connectivity index (χ0v) is 13.8. The Kier molecular flexibility index (Phi) is 3.93. The number of hydrogen-bond donors (Lipinski definition) is 1. The minimum atomic E-state index is -0.187. The lowest BCUT2D eigenvalue weighted by Crippen LogP contribution is -2.49. The maximum atomic E-state index is 13.8. The van der Waals surface area contributed by atoms with Gasteiger partial charge in [0.15, 0.2) is 0 Å². The Morgan fingerprint density at radius 1 is 1.17 bits per heavy atom. The van der Waals surface area contributed by atoms with Gasteiger partial charge in [0.05, 0.1) is 7.11 Å². The first kappa shape index (κ1) is 15.5. The molecule has 2 aliphatic rings. The molecular formula is C20H22FNO2. The predicted octanol–water partition coefficient (Wildman–Crippen LogP) is 3.87. The number of rotatable bonds is 2. The van der Waals surface area contributed by atoms with Gasteiger partial charge in [-0.3, -0.25) is 0 Å². The molecule has 2 aliphatic heterocycles. The molecule has 1 atom stereocenters. The number of halogens is 1. The third kappa shape index (κ3) is 2.75. The highest BCUT2D eigenvalue weighted by Gasteiger charge is 2.42. The molecular weight excluding hydrogens is 305 g/mol. The maximum Gasteiger partial charge on any atom is 0.127 e. The zero-order chi connectivity index (χ0) is 16.6. The van der Waals surface area contributed by atoms with Gasteiger partial charge in [-0.15, -0.1) is 0 Å². The second-order valence-corrected chi connectivity index (χ2v) is 6.75. The fraction of sp³-hybridized carbons (Fsp3) is 0.400. The fourth-order valence-electron chi connectivity index (χ4n) is 3.98. The van der Waals surface area contributed by atoms with Gasteiger partial charge in [-0.05, 0) is 56.1 Å². The zero-order valence-electron chi connectivity index (χ0n) is 13.8. The van der Waals surface area contributed by atoms with Gasteiger partial charge in [0.1, 0.15) is 22.9 Å². The Morgan fingerprint density at radius 3 is 2.75 bits per heavy atom. The Balaban J connectivity index is 1.80. The molecule has 0 radical (unpaired) electrons. The third-order valence-electron chi connectivity index (χ3n) is 5.26. The van der Waals surface area contributed by atoms with Crippen molar-refractivity contribution < 1.29 is 13.9 Å². The summed E-state index contributed by atoms with van der Waals surface area (Å²) in [7, 11) is 1.66. The second kappa shape index (κ2) is 6.10. The summed E-state index contributed by atoms with van der Waals surface area (Å²) >= 11 is 0. The van der Waals surface area contributed by atoms with Gasteiger partial charge in [-0.25, -0.2) is 4.39 Å². The molecule has 1 fully saturated rings. The number of ether oxygens (including phenoxy) is 2. The Hall–Kier alpha value is -2.07. The van der Waals surface area contributed by atoms with Crippen molar-refractivity contribution in [3.63, 3.8) is 0 Å². The monoisotopic (exact) mass is 327 g/mol. The number of methoxy groups -OCH3 is 1. The van der Waals surface area contributed by atoms with Gasteiger partial charge < -0.3 is 14.8 Å². The molecule has 2 aromatic rings. The maximum absolute atomic E-state index is 13.8. The summed E-state index contributed by atoms with van der Waals surface area (Å²) in [5.41, 5.74) is 1.95. The van der Waals surface area contributed by atoms with Crippen LogP contribution in [0.5, 0.6) is 11.5 Å². The van der Waals surface area contributed by atoms with E-state index in [4.69, 9.17) is 9.47 Å². The molecule has 1 saturated heterocycles. The molecule has 24 heavy (non-hydrogen) atoms. The second-order valence-electron chi connectivity index (χ2n) is 6.75. The van der Waals surface area contributed by atoms with Crippen LogP contribution in [0, 0.1) is 5.82 Å². The SMILES string of the molecule is COc1ccc2c(c1)OC1(CCNCC1)CC2c1cccc(F)c1. The molecule has 0 aromatic heterocycles. The van der Waals surface area contributed by atoms with Crippen LogP contribution in [0.15, 0.2) is 42.5 Å². The Bertz CT molecular complexity index is 740. The summed E-state index contributed by atoms with van der Waals surface area (Å²) in [5, 5.41) is 3.40. The minimum absolute atomic E-state index is 0.147. The molecule has 0 amide bonds. The van der Waals surface area contributed by atoms with Gasteiger partial charge in [-0.1, -0.05) is 18.2 Å². The first-order chi connectivity index (χ1) is 11.7. The van der Waals surface area contributed by atoms with Crippen LogP contribution >= 0.6 is 0 Å². The molecule has 3 nitrogen and oxygen atoms in total. The molecule has 1 spiro atoms. The van der Waals surface area contributed by atoms with Crippen LogP contribution in [0.25, 0.3) is 0 Å². The molecule has 4 rings (SSSR count). The van der Waals surface area contributed by atoms with Crippen LogP contribution < -0.4 is 14.8 Å². The lowest BCUT2D eigenvalue weighted by Gasteiger charge is -2.45. The van der Waals surface area contributed by atoms with E-state index in [1.165, 1.54) is 6.07 Å². The lowest BCUT2D eigenvalue weighted by atomic mass is 9.75. The van der Waals surface area contributed by atoms with E-state index in [1.54, 1.807) is 19.2 Å². The quantitative estimate of drug-likeness (QED) is 0.908. The molecule has 1 N–H and O–H groups in total. The first-order valence-electron chi connectivity index (χ1n) is 8.52. The van der Waals surface area contributed by atoms with Crippen LogP contribution in [0.4, 0.5) is 4.39 Å². The highest BCUT2D eigenvalue weighted by molar-refractivity contribution is 5.48. The van der Waals surface area contributed by atoms with E-state index >= 15 is 0 Å². The first-order valence-corrected chi connectivity index (χ1v) is 8.52. The van der Waals surface area contributed by atoms with E-state index in [1.807, 2.05) is 18.2 Å². The highest BCUT2D eigenvalue weighted by atomic mass is 19.1. The van der Waals surface area contributed by atoms with Crippen molar-refractivity contribution in [1.82, 2.24) is 5.32 Å². The number of hydrogen-bond acceptors (Lipinski definition) is 3. The largest absolute Gasteiger partial charge is 0.497 e. The van der Waals surface area contributed by atoms with Crippen molar-refractivity contribution in [3.05, 3.63) is 59.4 Å². The van der Waals surface area contributed by atoms with E-state index in [0.29, 0.717) is 0 Å². The van der Waals surface area contributed by atoms with E-state index in [2.05, 4.69) is 11.4 Å². The summed E-state index contributed by atoms with van der Waals surface area (Å²) in [4.78, 5) is 0. The van der Waals surface area contributed by atoms with Gasteiger partial charge in [0.2, 0.25) is 0 Å². The van der Waals surface area contributed by atoms with Crippen LogP contribution in [-0.4, -0.2) is 25.8 Å². The standard InChI is InChI=1S/C20H22FNO2/c1-23-16-5-6-17-18(14-3-2-4-15(21)11-14)13-20(24-19(17)12-16)7-9-22-10-8-20/h2-6,11-12,18,22H,7-10,13H2,1H3. The highest BCUT2D eigenvalue weighted by Crippen LogP contribution is 2.48. The molecule has 4 heteroatoms. The summed E-state index contributed by atoms with van der Waals surface area (Å²) < 4.78 is 25.6. The van der Waals surface area contributed by atoms with Crippen molar-refractivity contribution in [2.75, 3.05) is 20.2 Å².